The predicted octanol–water partition coefficient (Wildman–Crippen LogP) is 1.11. The van der Waals surface area contributed by atoms with Gasteiger partial charge in [-0.25, -0.2) is 14.6 Å². The standard InChI is InChI=1S/C21H18N8O5.C11H11N3O2.CH4.ClH/c22-14-15(17(31)16(14)30)28-4-3-10-2-1-9(5-11(10)8-28)7-24-18(32)12-6-13(19(33)34)29-21(25-12)26-20(23)27-29;12-9-4-2-6-5-7(1-3-8(6)9)10-13-11(15)16-14-10;;/h1-2,5-6H,3-4,7-8,22H2,(H2,23,27)(H,24,32)(H,33,34);1,3,5,9H,2,4,12H2,(H,13,14,15);1H4;1H/t;9-;;/m.0../s1. The second kappa shape index (κ2) is 14.4. The molecule has 1 amide bonds. The molecule has 19 heteroatoms. The summed E-state index contributed by atoms with van der Waals surface area (Å²) < 4.78 is 5.42. The summed E-state index contributed by atoms with van der Waals surface area (Å²) in [7, 11) is 0. The van der Waals surface area contributed by atoms with E-state index in [2.05, 4.69) is 35.0 Å². The van der Waals surface area contributed by atoms with Crippen molar-refractivity contribution in [1.82, 2.24) is 35.0 Å². The molecule has 9 N–H and O–H groups in total. The Labute approximate surface area is 299 Å². The van der Waals surface area contributed by atoms with Crippen LogP contribution in [0, 0.1) is 0 Å². The molecule has 1 atom stereocenters. The van der Waals surface area contributed by atoms with Crippen molar-refractivity contribution in [2.24, 2.45) is 5.73 Å². The molecule has 0 radical (unpaired) electrons. The summed E-state index contributed by atoms with van der Waals surface area (Å²) in [6, 6.07) is 12.9. The molecule has 0 fully saturated rings. The van der Waals surface area contributed by atoms with Gasteiger partial charge in [0, 0.05) is 37.3 Å². The van der Waals surface area contributed by atoms with Gasteiger partial charge < -0.3 is 32.5 Å². The number of fused-ring (bicyclic) bond motifs is 3. The van der Waals surface area contributed by atoms with Crippen LogP contribution >= 0.6 is 12.4 Å². The Morgan fingerprint density at radius 3 is 2.50 bits per heavy atom. The van der Waals surface area contributed by atoms with Gasteiger partial charge in [0.25, 0.3) is 22.5 Å². The molecular weight excluding hydrogens is 698 g/mol. The highest BCUT2D eigenvalue weighted by molar-refractivity contribution is 5.95. The van der Waals surface area contributed by atoms with Crippen LogP contribution in [-0.4, -0.2) is 53.3 Å². The zero-order chi connectivity index (χ0) is 35.3. The van der Waals surface area contributed by atoms with E-state index in [1.165, 1.54) is 11.1 Å². The average Bonchev–Trinajstić information content (AvgIpc) is 3.83. The van der Waals surface area contributed by atoms with Crippen LogP contribution in [-0.2, 0) is 25.9 Å². The van der Waals surface area contributed by atoms with Gasteiger partial charge >= 0.3 is 11.7 Å². The molecule has 1 aliphatic carbocycles. The molecule has 3 aromatic heterocycles. The van der Waals surface area contributed by atoms with Gasteiger partial charge in [0.1, 0.15) is 17.1 Å². The summed E-state index contributed by atoms with van der Waals surface area (Å²) in [5.74, 6) is -2.24. The normalized spacial score (nSPS) is 14.4. The van der Waals surface area contributed by atoms with Gasteiger partial charge in [-0.05, 0) is 53.1 Å². The molecule has 270 valence electrons. The number of nitrogens with two attached hydrogens (primary N) is 3. The van der Waals surface area contributed by atoms with Crippen LogP contribution in [0.5, 0.6) is 0 Å². The molecular formula is C33H34ClN11O7. The first-order valence-corrected chi connectivity index (χ1v) is 15.4. The number of carboxylic acids is 1. The van der Waals surface area contributed by atoms with Crippen molar-refractivity contribution in [1.29, 1.82) is 0 Å². The highest BCUT2D eigenvalue weighted by Gasteiger charge is 2.27. The summed E-state index contributed by atoms with van der Waals surface area (Å²) in [5, 5.41) is 19.5. The zero-order valence-corrected chi connectivity index (χ0v) is 27.4. The second-order valence-corrected chi connectivity index (χ2v) is 11.9. The van der Waals surface area contributed by atoms with Gasteiger partial charge in [-0.2, -0.15) is 9.50 Å². The molecule has 3 aromatic carbocycles. The predicted molar refractivity (Wildman–Crippen MR) is 192 cm³/mol. The number of anilines is 3. The lowest BCUT2D eigenvalue weighted by Crippen LogP contribution is -2.44. The number of nitrogens with zero attached hydrogens (tertiary/aromatic N) is 6. The maximum atomic E-state index is 12.7. The number of carbonyl (C=O) groups excluding carboxylic acids is 1. The molecule has 8 rings (SSSR count). The number of carboxylic acid groups (broad SMARTS) is 1. The minimum Gasteiger partial charge on any atom is -0.477 e. The van der Waals surface area contributed by atoms with Crippen molar-refractivity contribution in [3.8, 4) is 11.4 Å². The van der Waals surface area contributed by atoms with Crippen molar-refractivity contribution < 1.29 is 19.2 Å². The van der Waals surface area contributed by atoms with E-state index < -0.39 is 28.5 Å². The number of benzene rings is 2. The first kappa shape index (κ1) is 36.9. The Kier molecular flexibility index (Phi) is 10.2. The fourth-order valence-electron chi connectivity index (χ4n) is 6.20. The third kappa shape index (κ3) is 6.83. The summed E-state index contributed by atoms with van der Waals surface area (Å²) in [5.41, 5.74) is 21.9. The number of rotatable bonds is 6. The topological polar surface area (TPSA) is 284 Å². The molecule has 4 heterocycles. The second-order valence-electron chi connectivity index (χ2n) is 11.9. The number of amides is 1. The Morgan fingerprint density at radius 2 is 1.79 bits per heavy atom. The number of nitrogen functional groups attached to an aromatic ring is 2. The number of hydrogen-bond acceptors (Lipinski definition) is 14. The number of hydrogen-bond donors (Lipinski definition) is 6. The number of aromatic carboxylic acids is 1. The van der Waals surface area contributed by atoms with Crippen molar-refractivity contribution in [2.45, 2.75) is 45.8 Å². The highest BCUT2D eigenvalue weighted by atomic mass is 35.5. The smallest absolute Gasteiger partial charge is 0.439 e. The van der Waals surface area contributed by atoms with Gasteiger partial charge in [-0.1, -0.05) is 42.9 Å². The van der Waals surface area contributed by atoms with E-state index in [0.29, 0.717) is 25.3 Å². The molecule has 0 spiro atoms. The Balaban J connectivity index is 0.000000244. The van der Waals surface area contributed by atoms with E-state index in [4.69, 9.17) is 17.2 Å². The quantitative estimate of drug-likeness (QED) is 0.131. The molecule has 2 aliphatic rings. The van der Waals surface area contributed by atoms with E-state index in [0.717, 1.165) is 45.7 Å². The Hall–Kier alpha value is -6.40. The van der Waals surface area contributed by atoms with Crippen molar-refractivity contribution in [3.05, 3.63) is 113 Å². The maximum absolute atomic E-state index is 12.7. The van der Waals surface area contributed by atoms with Crippen LogP contribution in [0.15, 0.2) is 61.4 Å². The average molecular weight is 732 g/mol. The molecule has 6 aromatic rings. The number of aryl methyl sites for hydroxylation is 1. The third-order valence-corrected chi connectivity index (χ3v) is 8.73. The lowest BCUT2D eigenvalue weighted by atomic mass is 9.96. The van der Waals surface area contributed by atoms with E-state index in [9.17, 15) is 29.1 Å². The monoisotopic (exact) mass is 731 g/mol. The van der Waals surface area contributed by atoms with Gasteiger partial charge in [-0.3, -0.25) is 23.9 Å². The summed E-state index contributed by atoms with van der Waals surface area (Å²) in [4.78, 5) is 70.6. The highest BCUT2D eigenvalue weighted by Crippen LogP contribution is 2.32. The van der Waals surface area contributed by atoms with Crippen molar-refractivity contribution in [3.63, 3.8) is 0 Å². The number of H-pyrrole nitrogens is 1. The van der Waals surface area contributed by atoms with Gasteiger partial charge in [0.15, 0.2) is 11.5 Å². The largest absolute Gasteiger partial charge is 0.477 e. The van der Waals surface area contributed by atoms with Crippen molar-refractivity contribution >= 4 is 47.4 Å². The van der Waals surface area contributed by atoms with Crippen LogP contribution in [0.3, 0.4) is 0 Å². The minimum absolute atomic E-state index is 0. The van der Waals surface area contributed by atoms with Crippen LogP contribution in [0.4, 0.5) is 17.3 Å². The summed E-state index contributed by atoms with van der Waals surface area (Å²) in [6.45, 7) is 1.14. The first-order valence-electron chi connectivity index (χ1n) is 15.4. The third-order valence-electron chi connectivity index (χ3n) is 8.73. The zero-order valence-electron chi connectivity index (χ0n) is 26.6. The maximum Gasteiger partial charge on any atom is 0.439 e. The molecule has 1 aliphatic heterocycles. The van der Waals surface area contributed by atoms with Crippen LogP contribution in [0.25, 0.3) is 17.2 Å². The van der Waals surface area contributed by atoms with E-state index in [1.54, 1.807) is 4.90 Å². The van der Waals surface area contributed by atoms with Crippen LogP contribution < -0.4 is 44.0 Å². The Bertz CT molecular complexity index is 2460. The first-order chi connectivity index (χ1) is 24.0. The fourth-order valence-corrected chi connectivity index (χ4v) is 6.20. The minimum atomic E-state index is -1.31. The number of aromatic nitrogens is 6. The van der Waals surface area contributed by atoms with E-state index >= 15 is 0 Å². The van der Waals surface area contributed by atoms with Gasteiger partial charge in [0.05, 0.1) is 0 Å². The molecule has 0 saturated carbocycles. The number of halogens is 1. The molecule has 0 unspecified atom stereocenters. The van der Waals surface area contributed by atoms with Gasteiger partial charge in [-0.15, -0.1) is 17.5 Å². The molecule has 0 saturated heterocycles. The summed E-state index contributed by atoms with van der Waals surface area (Å²) in [6.07, 6.45) is 2.64. The lowest BCUT2D eigenvalue weighted by Gasteiger charge is -2.32. The Morgan fingerprint density at radius 1 is 1.00 bits per heavy atom. The number of carbonyl (C=O) groups is 2. The number of aromatic amines is 1. The van der Waals surface area contributed by atoms with Crippen LogP contribution in [0.1, 0.15) is 68.7 Å². The number of nitrogens with one attached hydrogen (secondary N) is 2. The van der Waals surface area contributed by atoms with Crippen LogP contribution in [0.2, 0.25) is 0 Å². The van der Waals surface area contributed by atoms with E-state index in [1.807, 2.05) is 36.4 Å². The molecule has 18 nitrogen and oxygen atoms in total. The van der Waals surface area contributed by atoms with Crippen molar-refractivity contribution in [2.75, 3.05) is 22.9 Å². The summed E-state index contributed by atoms with van der Waals surface area (Å²) >= 11 is 0. The van der Waals surface area contributed by atoms with Gasteiger partial charge in [0.2, 0.25) is 5.95 Å². The molecule has 0 bridgehead atoms. The molecule has 52 heavy (non-hydrogen) atoms. The lowest BCUT2D eigenvalue weighted by molar-refractivity contribution is 0.0687. The SMILES string of the molecule is C.Cl.N[C@H]1CCc2cc(-c3noc(=O)[nH]3)ccc21.Nc1nc2nc(C(=O)NCc3ccc4c(c3)CN(c3c(N)c(=O)c3=O)CC4)cc(C(=O)O)n2n1. The van der Waals surface area contributed by atoms with E-state index in [-0.39, 0.29) is 66.9 Å². The fraction of sp³-hybridized carbons (Fsp3) is 0.242.